The molecule has 2 aromatic rings. The number of amides is 2. The van der Waals surface area contributed by atoms with Gasteiger partial charge in [-0.15, -0.1) is 0 Å². The van der Waals surface area contributed by atoms with Gasteiger partial charge < -0.3 is 9.84 Å². The van der Waals surface area contributed by atoms with Crippen molar-refractivity contribution in [3.8, 4) is 5.75 Å². The topological polar surface area (TPSA) is 95.9 Å². The van der Waals surface area contributed by atoms with Gasteiger partial charge in [-0.2, -0.15) is 0 Å². The van der Waals surface area contributed by atoms with Crippen LogP contribution in [0.2, 0.25) is 0 Å². The van der Waals surface area contributed by atoms with Crippen molar-refractivity contribution in [3.63, 3.8) is 0 Å². The number of carboxylic acids is 1. The SMILES string of the molecule is COc1ccc(Br)cc1C1NC(C(=O)O)(c2ccccc2)C2C(=O)N(C3CCCCC3)C(=O)C12. The monoisotopic (exact) mass is 526 g/mol. The van der Waals surface area contributed by atoms with Gasteiger partial charge in [0.15, 0.2) is 5.54 Å². The number of hydrogen-bond donors (Lipinski definition) is 2. The number of benzene rings is 2. The minimum Gasteiger partial charge on any atom is -0.496 e. The summed E-state index contributed by atoms with van der Waals surface area (Å²) in [5.41, 5.74) is -0.627. The van der Waals surface area contributed by atoms with Gasteiger partial charge >= 0.3 is 5.97 Å². The number of ether oxygens (including phenoxy) is 1. The van der Waals surface area contributed by atoms with Crippen LogP contribution in [-0.2, 0) is 19.9 Å². The van der Waals surface area contributed by atoms with Crippen LogP contribution in [0.25, 0.3) is 0 Å². The molecule has 0 radical (unpaired) electrons. The van der Waals surface area contributed by atoms with Crippen molar-refractivity contribution in [1.29, 1.82) is 0 Å². The van der Waals surface area contributed by atoms with Crippen molar-refractivity contribution in [2.75, 3.05) is 7.11 Å². The average Bonchev–Trinajstić information content (AvgIpc) is 3.34. The minimum absolute atomic E-state index is 0.174. The molecule has 2 aliphatic heterocycles. The van der Waals surface area contributed by atoms with E-state index in [1.807, 2.05) is 12.1 Å². The second-order valence-electron chi connectivity index (χ2n) is 9.33. The zero-order valence-corrected chi connectivity index (χ0v) is 20.5. The third-order valence-electron chi connectivity index (χ3n) is 7.63. The summed E-state index contributed by atoms with van der Waals surface area (Å²) in [6, 6.07) is 13.3. The summed E-state index contributed by atoms with van der Waals surface area (Å²) in [7, 11) is 1.54. The highest BCUT2D eigenvalue weighted by molar-refractivity contribution is 9.10. The first kappa shape index (κ1) is 23.1. The van der Waals surface area contributed by atoms with Crippen molar-refractivity contribution in [3.05, 3.63) is 64.1 Å². The molecule has 1 aliphatic carbocycles. The number of carbonyl (C=O) groups is 3. The van der Waals surface area contributed by atoms with Gasteiger partial charge in [-0.3, -0.25) is 19.8 Å². The van der Waals surface area contributed by atoms with E-state index in [1.54, 1.807) is 36.4 Å². The molecule has 7 nitrogen and oxygen atoms in total. The number of carbonyl (C=O) groups excluding carboxylic acids is 2. The van der Waals surface area contributed by atoms with Crippen LogP contribution < -0.4 is 10.1 Å². The molecule has 2 aromatic carbocycles. The predicted octanol–water partition coefficient (Wildman–Crippen LogP) is 4.02. The molecule has 3 aliphatic rings. The standard InChI is InChI=1S/C26H27BrN2O5/c1-34-19-13-12-16(27)14-18(19)22-20-21(24(31)29(23(20)30)17-10-6-3-7-11-17)26(28-22,25(32)33)15-8-4-2-5-9-15/h2,4-5,8-9,12-14,17,20-22,28H,3,6-7,10-11H2,1H3,(H,32,33). The maximum Gasteiger partial charge on any atom is 0.329 e. The van der Waals surface area contributed by atoms with Crippen molar-refractivity contribution >= 4 is 33.7 Å². The van der Waals surface area contributed by atoms with Crippen molar-refractivity contribution in [1.82, 2.24) is 10.2 Å². The third kappa shape index (κ3) is 3.38. The Morgan fingerprint density at radius 1 is 1.09 bits per heavy atom. The van der Waals surface area contributed by atoms with Gasteiger partial charge in [0.1, 0.15) is 5.75 Å². The number of nitrogens with one attached hydrogen (secondary N) is 1. The summed E-state index contributed by atoms with van der Waals surface area (Å²) < 4.78 is 6.36. The van der Waals surface area contributed by atoms with Crippen LogP contribution >= 0.6 is 15.9 Å². The first-order chi connectivity index (χ1) is 16.4. The van der Waals surface area contributed by atoms with Crippen molar-refractivity contribution in [2.45, 2.75) is 49.7 Å². The lowest BCUT2D eigenvalue weighted by Crippen LogP contribution is -2.54. The van der Waals surface area contributed by atoms with E-state index in [2.05, 4.69) is 21.2 Å². The zero-order chi connectivity index (χ0) is 24.0. The molecule has 5 rings (SSSR count). The Balaban J connectivity index is 1.70. The fourth-order valence-electron chi connectivity index (χ4n) is 6.13. The molecule has 2 N–H and O–H groups in total. The van der Waals surface area contributed by atoms with Crippen molar-refractivity contribution in [2.24, 2.45) is 11.8 Å². The Hall–Kier alpha value is -2.71. The maximum atomic E-state index is 13.9. The molecule has 0 aromatic heterocycles. The molecule has 3 fully saturated rings. The number of nitrogens with zero attached hydrogens (tertiary/aromatic N) is 1. The summed E-state index contributed by atoms with van der Waals surface area (Å²) in [5.74, 6) is -3.23. The summed E-state index contributed by atoms with van der Waals surface area (Å²) >= 11 is 3.49. The average molecular weight is 527 g/mol. The fourth-order valence-corrected chi connectivity index (χ4v) is 6.51. The van der Waals surface area contributed by atoms with Gasteiger partial charge in [0.25, 0.3) is 0 Å². The van der Waals surface area contributed by atoms with Gasteiger partial charge in [-0.25, -0.2) is 4.79 Å². The van der Waals surface area contributed by atoms with Gasteiger partial charge in [-0.1, -0.05) is 65.5 Å². The van der Waals surface area contributed by atoms with Crippen LogP contribution in [0.5, 0.6) is 5.75 Å². The van der Waals surface area contributed by atoms with E-state index in [0.29, 0.717) is 16.9 Å². The van der Waals surface area contributed by atoms with Gasteiger partial charge in [0, 0.05) is 22.1 Å². The molecule has 4 atom stereocenters. The molecule has 2 saturated heterocycles. The van der Waals surface area contributed by atoms with E-state index in [1.165, 1.54) is 12.0 Å². The number of carboxylic acid groups (broad SMARTS) is 1. The van der Waals surface area contributed by atoms with E-state index >= 15 is 0 Å². The number of aliphatic carboxylic acids is 1. The normalized spacial score (nSPS) is 29.4. The summed E-state index contributed by atoms with van der Waals surface area (Å²) in [5, 5.41) is 13.9. The number of likely N-dealkylation sites (tertiary alicyclic amines) is 1. The Morgan fingerprint density at radius 2 is 1.79 bits per heavy atom. The van der Waals surface area contributed by atoms with Crippen LogP contribution in [-0.4, -0.2) is 40.9 Å². The smallest absolute Gasteiger partial charge is 0.329 e. The molecule has 2 heterocycles. The number of fused-ring (bicyclic) bond motifs is 1. The second kappa shape index (κ2) is 8.82. The van der Waals surface area contributed by atoms with Crippen LogP contribution in [0.4, 0.5) is 0 Å². The highest BCUT2D eigenvalue weighted by atomic mass is 79.9. The number of methoxy groups -OCH3 is 1. The van der Waals surface area contributed by atoms with E-state index < -0.39 is 35.3 Å². The fraction of sp³-hybridized carbons (Fsp3) is 0.423. The lowest BCUT2D eigenvalue weighted by atomic mass is 9.75. The van der Waals surface area contributed by atoms with E-state index in [-0.39, 0.29) is 11.9 Å². The quantitative estimate of drug-likeness (QED) is 0.571. The molecule has 2 amide bonds. The molecule has 0 spiro atoms. The largest absolute Gasteiger partial charge is 0.496 e. The van der Waals surface area contributed by atoms with Gasteiger partial charge in [0.05, 0.1) is 18.9 Å². The molecule has 0 bridgehead atoms. The van der Waals surface area contributed by atoms with Crippen LogP contribution in [0.3, 0.4) is 0 Å². The van der Waals surface area contributed by atoms with Gasteiger partial charge in [0.2, 0.25) is 11.8 Å². The summed E-state index contributed by atoms with van der Waals surface area (Å²) in [6.07, 6.45) is 4.53. The maximum absolute atomic E-state index is 13.9. The lowest BCUT2D eigenvalue weighted by Gasteiger charge is -2.35. The Morgan fingerprint density at radius 3 is 2.44 bits per heavy atom. The molecular formula is C26H27BrN2O5. The summed E-state index contributed by atoms with van der Waals surface area (Å²) in [4.78, 5) is 42.3. The number of rotatable bonds is 5. The third-order valence-corrected chi connectivity index (χ3v) is 8.12. The molecule has 178 valence electrons. The molecule has 34 heavy (non-hydrogen) atoms. The Labute approximate surface area is 206 Å². The highest BCUT2D eigenvalue weighted by Crippen LogP contribution is 2.55. The molecular weight excluding hydrogens is 500 g/mol. The van der Waals surface area contributed by atoms with E-state index in [4.69, 9.17) is 4.74 Å². The number of imide groups is 1. The Kier molecular flexibility index (Phi) is 5.98. The molecule has 8 heteroatoms. The van der Waals surface area contributed by atoms with Crippen LogP contribution in [0.1, 0.15) is 49.3 Å². The van der Waals surface area contributed by atoms with Crippen LogP contribution in [0, 0.1) is 11.8 Å². The van der Waals surface area contributed by atoms with E-state index in [0.717, 1.165) is 36.6 Å². The molecule has 1 saturated carbocycles. The van der Waals surface area contributed by atoms with Gasteiger partial charge in [-0.05, 0) is 36.6 Å². The first-order valence-electron chi connectivity index (χ1n) is 11.7. The predicted molar refractivity (Wildman–Crippen MR) is 128 cm³/mol. The first-order valence-corrected chi connectivity index (χ1v) is 12.5. The minimum atomic E-state index is -1.74. The zero-order valence-electron chi connectivity index (χ0n) is 18.9. The summed E-state index contributed by atoms with van der Waals surface area (Å²) in [6.45, 7) is 0. The lowest BCUT2D eigenvalue weighted by molar-refractivity contribution is -0.153. The van der Waals surface area contributed by atoms with Crippen molar-refractivity contribution < 1.29 is 24.2 Å². The molecule has 4 unspecified atom stereocenters. The number of halogens is 1. The highest BCUT2D eigenvalue weighted by Gasteiger charge is 2.70. The second-order valence-corrected chi connectivity index (χ2v) is 10.2. The van der Waals surface area contributed by atoms with Crippen LogP contribution in [0.15, 0.2) is 53.0 Å². The number of hydrogen-bond acceptors (Lipinski definition) is 5. The Bertz CT molecular complexity index is 1130. The van der Waals surface area contributed by atoms with E-state index in [9.17, 15) is 19.5 Å².